The number of rotatable bonds is 8. The van der Waals surface area contributed by atoms with E-state index >= 15 is 0 Å². The van der Waals surface area contributed by atoms with Gasteiger partial charge in [-0.25, -0.2) is 9.59 Å². The summed E-state index contributed by atoms with van der Waals surface area (Å²) in [5.41, 5.74) is -0.153. The van der Waals surface area contributed by atoms with Crippen LogP contribution in [0.3, 0.4) is 0 Å². The molecule has 4 N–H and O–H groups in total. The largest absolute Gasteiger partial charge is 0.482 e. The van der Waals surface area contributed by atoms with E-state index in [1.54, 1.807) is 20.8 Å². The van der Waals surface area contributed by atoms with E-state index in [4.69, 9.17) is 14.6 Å². The van der Waals surface area contributed by atoms with Crippen LogP contribution in [0.2, 0.25) is 0 Å². The second-order valence-electron chi connectivity index (χ2n) is 6.48. The van der Waals surface area contributed by atoms with Crippen molar-refractivity contribution in [2.45, 2.75) is 45.0 Å². The topological polar surface area (TPSA) is 125 Å². The molecule has 0 heterocycles. The number of hydrogen-bond donors (Lipinski definition) is 4. The maximum absolute atomic E-state index is 11.5. The van der Waals surface area contributed by atoms with Crippen LogP contribution in [0.25, 0.3) is 0 Å². The summed E-state index contributed by atoms with van der Waals surface area (Å²) in [5.74, 6) is -0.739. The molecule has 0 aliphatic carbocycles. The molecule has 1 amide bonds. The minimum absolute atomic E-state index is 0.137. The predicted octanol–water partition coefficient (Wildman–Crippen LogP) is 1.46. The molecule has 0 aromatic heterocycles. The van der Waals surface area contributed by atoms with Gasteiger partial charge in [0.25, 0.3) is 0 Å². The van der Waals surface area contributed by atoms with Crippen LogP contribution in [0, 0.1) is 0 Å². The third-order valence-corrected chi connectivity index (χ3v) is 3.06. The van der Waals surface area contributed by atoms with Gasteiger partial charge in [0.15, 0.2) is 6.61 Å². The van der Waals surface area contributed by atoms with Gasteiger partial charge in [-0.1, -0.05) is 12.1 Å². The van der Waals surface area contributed by atoms with Gasteiger partial charge < -0.3 is 30.1 Å². The zero-order valence-corrected chi connectivity index (χ0v) is 14.6. The van der Waals surface area contributed by atoms with E-state index in [-0.39, 0.29) is 13.0 Å². The van der Waals surface area contributed by atoms with Crippen LogP contribution in [0.1, 0.15) is 38.9 Å². The summed E-state index contributed by atoms with van der Waals surface area (Å²) in [6, 6.07) is 6.08. The Morgan fingerprint density at radius 3 is 2.28 bits per heavy atom. The fraction of sp³-hybridized carbons (Fsp3) is 0.529. The van der Waals surface area contributed by atoms with Gasteiger partial charge in [0.1, 0.15) is 17.5 Å². The Balaban J connectivity index is 2.43. The Labute approximate surface area is 146 Å². The van der Waals surface area contributed by atoms with Gasteiger partial charge in [0.2, 0.25) is 0 Å². The number of aliphatic carboxylic acids is 1. The molecule has 2 unspecified atom stereocenters. The standard InChI is InChI=1S/C17H25NO7/c1-17(2,3)25-16(23)18-9-8-13(19)15(22)11-4-6-12(7-5-11)24-10-14(20)21/h4-7,13,15,19,22H,8-10H2,1-3H3,(H,18,23)(H,20,21). The Hall–Kier alpha value is -2.32. The summed E-state index contributed by atoms with van der Waals surface area (Å²) in [7, 11) is 0. The first kappa shape index (κ1) is 20.7. The van der Waals surface area contributed by atoms with Gasteiger partial charge in [-0.3, -0.25) is 0 Å². The summed E-state index contributed by atoms with van der Waals surface area (Å²) in [6.07, 6.45) is -2.68. The van der Waals surface area contributed by atoms with E-state index in [9.17, 15) is 19.8 Å². The predicted molar refractivity (Wildman–Crippen MR) is 89.4 cm³/mol. The number of ether oxygens (including phenoxy) is 2. The van der Waals surface area contributed by atoms with Gasteiger partial charge in [-0.15, -0.1) is 0 Å². The minimum Gasteiger partial charge on any atom is -0.482 e. The molecule has 0 saturated carbocycles. The molecule has 1 rings (SSSR count). The first-order chi connectivity index (χ1) is 11.6. The molecule has 0 fully saturated rings. The molecule has 0 spiro atoms. The molecule has 0 aliphatic rings. The van der Waals surface area contributed by atoms with Crippen molar-refractivity contribution in [1.82, 2.24) is 5.32 Å². The number of amides is 1. The third-order valence-electron chi connectivity index (χ3n) is 3.06. The van der Waals surface area contributed by atoms with Crippen LogP contribution < -0.4 is 10.1 Å². The van der Waals surface area contributed by atoms with Crippen molar-refractivity contribution < 1.29 is 34.4 Å². The Bertz CT molecular complexity index is 565. The number of nitrogens with one attached hydrogen (secondary N) is 1. The van der Waals surface area contributed by atoms with Gasteiger partial charge in [-0.2, -0.15) is 0 Å². The van der Waals surface area contributed by atoms with Gasteiger partial charge in [0, 0.05) is 6.54 Å². The Kier molecular flexibility index (Phi) is 7.66. The number of carbonyl (C=O) groups is 2. The second-order valence-corrected chi connectivity index (χ2v) is 6.48. The lowest BCUT2D eigenvalue weighted by molar-refractivity contribution is -0.139. The lowest BCUT2D eigenvalue weighted by atomic mass is 10.0. The zero-order valence-electron chi connectivity index (χ0n) is 14.6. The van der Waals surface area contributed by atoms with Gasteiger partial charge in [0.05, 0.1) is 6.10 Å². The van der Waals surface area contributed by atoms with Crippen LogP contribution in [-0.2, 0) is 9.53 Å². The number of carboxylic acids is 1. The van der Waals surface area contributed by atoms with Crippen LogP contribution in [-0.4, -0.2) is 52.2 Å². The van der Waals surface area contributed by atoms with E-state index in [0.717, 1.165) is 0 Å². The number of alkyl carbamates (subject to hydrolysis) is 1. The van der Waals surface area contributed by atoms with Crippen molar-refractivity contribution in [3.05, 3.63) is 29.8 Å². The van der Waals surface area contributed by atoms with Crippen molar-refractivity contribution in [1.29, 1.82) is 0 Å². The molecular weight excluding hydrogens is 330 g/mol. The van der Waals surface area contributed by atoms with Gasteiger partial charge in [-0.05, 0) is 44.9 Å². The highest BCUT2D eigenvalue weighted by Gasteiger charge is 2.20. The minimum atomic E-state index is -1.14. The number of carboxylic acid groups (broad SMARTS) is 1. The SMILES string of the molecule is CC(C)(C)OC(=O)NCCC(O)C(O)c1ccc(OCC(=O)O)cc1. The maximum atomic E-state index is 11.5. The van der Waals surface area contributed by atoms with E-state index in [0.29, 0.717) is 11.3 Å². The highest BCUT2D eigenvalue weighted by Crippen LogP contribution is 2.21. The van der Waals surface area contributed by atoms with E-state index < -0.39 is 36.5 Å². The van der Waals surface area contributed by atoms with Crippen LogP contribution in [0.5, 0.6) is 5.75 Å². The number of aliphatic hydroxyl groups excluding tert-OH is 2. The highest BCUT2D eigenvalue weighted by molar-refractivity contribution is 5.68. The lowest BCUT2D eigenvalue weighted by Crippen LogP contribution is -2.34. The fourth-order valence-corrected chi connectivity index (χ4v) is 1.92. The number of aliphatic hydroxyl groups is 2. The number of carbonyl (C=O) groups excluding carboxylic acids is 1. The average Bonchev–Trinajstić information content (AvgIpc) is 2.50. The molecule has 25 heavy (non-hydrogen) atoms. The number of benzene rings is 1. The molecule has 140 valence electrons. The second kappa shape index (κ2) is 9.24. The quantitative estimate of drug-likeness (QED) is 0.556. The summed E-state index contributed by atoms with van der Waals surface area (Å²) in [6.45, 7) is 4.92. The third kappa shape index (κ3) is 8.37. The molecule has 8 heteroatoms. The summed E-state index contributed by atoms with van der Waals surface area (Å²) < 4.78 is 10.1. The monoisotopic (exact) mass is 355 g/mol. The van der Waals surface area contributed by atoms with Crippen LogP contribution >= 0.6 is 0 Å². The van der Waals surface area contributed by atoms with E-state index in [1.165, 1.54) is 24.3 Å². The number of hydrogen-bond acceptors (Lipinski definition) is 6. The molecule has 1 aromatic carbocycles. The first-order valence-electron chi connectivity index (χ1n) is 7.86. The zero-order chi connectivity index (χ0) is 19.0. The molecule has 2 atom stereocenters. The molecule has 0 aliphatic heterocycles. The molecule has 1 aromatic rings. The summed E-state index contributed by atoms with van der Waals surface area (Å²) >= 11 is 0. The van der Waals surface area contributed by atoms with E-state index in [2.05, 4.69) is 5.32 Å². The molecule has 0 radical (unpaired) electrons. The van der Waals surface area contributed by atoms with Crippen molar-refractivity contribution in [3.63, 3.8) is 0 Å². The van der Waals surface area contributed by atoms with Gasteiger partial charge >= 0.3 is 12.1 Å². The summed E-state index contributed by atoms with van der Waals surface area (Å²) in [4.78, 5) is 21.9. The molecule has 0 saturated heterocycles. The highest BCUT2D eigenvalue weighted by atomic mass is 16.6. The smallest absolute Gasteiger partial charge is 0.407 e. The van der Waals surface area contributed by atoms with Crippen molar-refractivity contribution >= 4 is 12.1 Å². The van der Waals surface area contributed by atoms with Crippen molar-refractivity contribution in [3.8, 4) is 5.75 Å². The maximum Gasteiger partial charge on any atom is 0.407 e. The Morgan fingerprint density at radius 1 is 1.16 bits per heavy atom. The van der Waals surface area contributed by atoms with Crippen molar-refractivity contribution in [2.24, 2.45) is 0 Å². The molecule has 0 bridgehead atoms. The first-order valence-corrected chi connectivity index (χ1v) is 7.86. The molecule has 8 nitrogen and oxygen atoms in total. The van der Waals surface area contributed by atoms with Crippen LogP contribution in [0.15, 0.2) is 24.3 Å². The summed E-state index contributed by atoms with van der Waals surface area (Å²) in [5, 5.41) is 31.2. The Morgan fingerprint density at radius 2 is 1.76 bits per heavy atom. The fourth-order valence-electron chi connectivity index (χ4n) is 1.92. The lowest BCUT2D eigenvalue weighted by Gasteiger charge is -2.21. The molecular formula is C17H25NO7. The van der Waals surface area contributed by atoms with E-state index in [1.807, 2.05) is 0 Å². The van der Waals surface area contributed by atoms with Crippen molar-refractivity contribution in [2.75, 3.05) is 13.2 Å². The van der Waals surface area contributed by atoms with Crippen LogP contribution in [0.4, 0.5) is 4.79 Å². The normalized spacial score (nSPS) is 13.6. The average molecular weight is 355 g/mol.